The Bertz CT molecular complexity index is 2220. The molecule has 0 radical (unpaired) electrons. The van der Waals surface area contributed by atoms with Crippen molar-refractivity contribution in [2.45, 2.75) is 135 Å². The molecule has 0 aromatic heterocycles. The van der Waals surface area contributed by atoms with Crippen molar-refractivity contribution < 1.29 is 28.2 Å². The monoisotopic (exact) mass is 911 g/mol. The van der Waals surface area contributed by atoms with E-state index in [1.165, 1.54) is 27.7 Å². The van der Waals surface area contributed by atoms with Gasteiger partial charge in [0.05, 0.1) is 18.8 Å². The predicted octanol–water partition coefficient (Wildman–Crippen LogP) is 9.92. The van der Waals surface area contributed by atoms with Crippen molar-refractivity contribution in [1.29, 1.82) is 0 Å². The van der Waals surface area contributed by atoms with E-state index in [0.717, 1.165) is 49.9 Å². The molecule has 4 aliphatic rings. The van der Waals surface area contributed by atoms with Crippen molar-refractivity contribution in [1.82, 2.24) is 0 Å². The average molecular weight is 911 g/mol. The van der Waals surface area contributed by atoms with Crippen LogP contribution in [0.4, 0.5) is 0 Å². The molecule has 8 heteroatoms. The van der Waals surface area contributed by atoms with Crippen LogP contribution < -0.4 is 20.7 Å². The van der Waals surface area contributed by atoms with Crippen LogP contribution in [-0.4, -0.2) is 64.8 Å². The summed E-state index contributed by atoms with van der Waals surface area (Å²) in [4.78, 5) is 13.3. The second-order valence-corrected chi connectivity index (χ2v) is 31.0. The highest BCUT2D eigenvalue weighted by atomic mass is 28.4. The van der Waals surface area contributed by atoms with Gasteiger partial charge in [0.2, 0.25) is 0 Å². The van der Waals surface area contributed by atoms with Crippen molar-refractivity contribution in [3.8, 4) is 0 Å². The van der Waals surface area contributed by atoms with Crippen LogP contribution in [0.1, 0.15) is 101 Å². The van der Waals surface area contributed by atoms with E-state index in [0.29, 0.717) is 24.2 Å². The van der Waals surface area contributed by atoms with Gasteiger partial charge in [-0.25, -0.2) is 0 Å². The number of carbonyl (C=O) groups is 1. The van der Waals surface area contributed by atoms with Crippen molar-refractivity contribution in [2.24, 2.45) is 29.1 Å². The van der Waals surface area contributed by atoms with E-state index in [1.54, 1.807) is 0 Å². The Labute approximate surface area is 392 Å². The van der Waals surface area contributed by atoms with Crippen LogP contribution in [0.15, 0.2) is 145 Å². The molecule has 8 rings (SSSR count). The topological polar surface area (TPSA) is 74.2 Å². The molecule has 65 heavy (non-hydrogen) atoms. The van der Waals surface area contributed by atoms with E-state index in [4.69, 9.17) is 18.3 Å². The molecule has 1 saturated carbocycles. The lowest BCUT2D eigenvalue weighted by molar-refractivity contribution is -0.161. The van der Waals surface area contributed by atoms with Crippen LogP contribution in [-0.2, 0) is 23.1 Å². The maximum absolute atomic E-state index is 13.3. The molecule has 346 valence electrons. The molecule has 4 aromatic rings. The van der Waals surface area contributed by atoms with Gasteiger partial charge in [0.25, 0.3) is 16.6 Å². The van der Waals surface area contributed by atoms with E-state index in [1.807, 2.05) is 6.08 Å². The summed E-state index contributed by atoms with van der Waals surface area (Å²) in [5.74, 6) is 1.07. The van der Waals surface area contributed by atoms with Gasteiger partial charge in [-0.3, -0.25) is 4.79 Å². The van der Waals surface area contributed by atoms with Gasteiger partial charge < -0.3 is 23.4 Å². The quantitative estimate of drug-likeness (QED) is 0.0686. The molecule has 8 atom stereocenters. The van der Waals surface area contributed by atoms with Crippen LogP contribution in [0.5, 0.6) is 0 Å². The molecule has 0 spiro atoms. The first-order valence-corrected chi connectivity index (χ1v) is 28.1. The summed E-state index contributed by atoms with van der Waals surface area (Å²) in [5.41, 5.74) is 0.742. The molecule has 2 saturated heterocycles. The van der Waals surface area contributed by atoms with Crippen LogP contribution >= 0.6 is 0 Å². The van der Waals surface area contributed by atoms with Gasteiger partial charge in [0.1, 0.15) is 5.60 Å². The Morgan fingerprint density at radius 3 is 1.74 bits per heavy atom. The summed E-state index contributed by atoms with van der Waals surface area (Å²) in [6, 6.07) is 43.4. The van der Waals surface area contributed by atoms with E-state index < -0.39 is 28.3 Å². The fourth-order valence-electron chi connectivity index (χ4n) is 12.9. The number of benzene rings is 4. The Balaban J connectivity index is 1.05. The third kappa shape index (κ3) is 8.54. The number of hydrogen-bond donors (Lipinski definition) is 1. The van der Waals surface area contributed by atoms with Crippen molar-refractivity contribution in [3.63, 3.8) is 0 Å². The van der Waals surface area contributed by atoms with Gasteiger partial charge in [-0.2, -0.15) is 0 Å². The normalized spacial score (nSPS) is 27.0. The fourth-order valence-corrected chi connectivity index (χ4v) is 22.2. The van der Waals surface area contributed by atoms with E-state index in [-0.39, 0.29) is 46.2 Å². The molecule has 6 nitrogen and oxygen atoms in total. The SMILES string of the molecule is C=C[C@H]1C(C)(C)[C@H]2O[C@]1([C@@H](OC(C)=O)C1=C(CO)CC(C[C@H]3C[C@@H]3CO[Si](c3ccccc3)(c3ccccc3)C(C)(C)C)CC1)C[C@@H]2O[Si](c1ccccc1)(c1ccccc1)C(C)(C)C. The third-order valence-electron chi connectivity index (χ3n) is 15.9. The summed E-state index contributed by atoms with van der Waals surface area (Å²) >= 11 is 0. The van der Waals surface area contributed by atoms with Gasteiger partial charge in [-0.05, 0) is 91.8 Å². The lowest BCUT2D eigenvalue weighted by Crippen LogP contribution is -2.69. The first kappa shape index (κ1) is 47.6. The molecule has 4 aromatic carbocycles. The van der Waals surface area contributed by atoms with Gasteiger partial charge >= 0.3 is 5.97 Å². The summed E-state index contributed by atoms with van der Waals surface area (Å²) in [5, 5.41) is 16.0. The Morgan fingerprint density at radius 1 is 0.800 bits per heavy atom. The summed E-state index contributed by atoms with van der Waals surface area (Å²) in [6.07, 6.45) is 6.15. The number of ether oxygens (including phenoxy) is 2. The first-order valence-electron chi connectivity index (χ1n) is 24.3. The predicted molar refractivity (Wildman–Crippen MR) is 269 cm³/mol. The summed E-state index contributed by atoms with van der Waals surface area (Å²) in [7, 11) is -5.58. The standard InChI is InChI=1S/C57H74O6Si2/c1-11-51-56(9,10)53-50(63-65(55(6,7)8,47-28-20-14-21-29-47)48-30-22-15-23-31-48)37-57(51,62-53)52(61-40(2)59)49-33-32-41(35-43(49)38-58)34-42-36-44(42)39-60-64(54(3,4)5,45-24-16-12-17-25-45)46-26-18-13-19-27-46/h11-31,41-42,44,50-53,58H,1,32-39H2,2-10H3/t41?,42-,44+,50-,51-,52-,53-,57+/m0/s1. The highest BCUT2D eigenvalue weighted by Crippen LogP contribution is 2.63. The zero-order valence-corrected chi connectivity index (χ0v) is 42.5. The molecule has 2 bridgehead atoms. The largest absolute Gasteiger partial charge is 0.455 e. The number of rotatable bonds is 16. The Morgan fingerprint density at radius 2 is 1.29 bits per heavy atom. The second-order valence-electron chi connectivity index (χ2n) is 22.4. The molecule has 1 unspecified atom stereocenters. The smallest absolute Gasteiger partial charge is 0.303 e. The number of esters is 1. The number of carbonyl (C=O) groups excluding carboxylic acids is 1. The molecule has 3 fully saturated rings. The third-order valence-corrected chi connectivity index (χ3v) is 26.0. The minimum Gasteiger partial charge on any atom is -0.455 e. The summed E-state index contributed by atoms with van der Waals surface area (Å²) in [6.45, 7) is 25.1. The number of fused-ring (bicyclic) bond motifs is 2. The second kappa shape index (κ2) is 18.3. The Hall–Kier alpha value is -3.90. The van der Waals surface area contributed by atoms with E-state index in [2.05, 4.69) is 183 Å². The first-order chi connectivity index (χ1) is 30.9. The van der Waals surface area contributed by atoms with E-state index >= 15 is 0 Å². The van der Waals surface area contributed by atoms with Gasteiger partial charge in [0.15, 0.2) is 6.10 Å². The maximum Gasteiger partial charge on any atom is 0.303 e. The molecule has 2 aliphatic heterocycles. The molecular weight excluding hydrogens is 837 g/mol. The van der Waals surface area contributed by atoms with Gasteiger partial charge in [-0.15, -0.1) is 6.58 Å². The molecular formula is C57H74O6Si2. The number of aliphatic hydroxyl groups is 1. The molecule has 2 heterocycles. The van der Waals surface area contributed by atoms with E-state index in [9.17, 15) is 9.90 Å². The number of hydrogen-bond acceptors (Lipinski definition) is 6. The van der Waals surface area contributed by atoms with Crippen LogP contribution in [0, 0.1) is 29.1 Å². The molecule has 2 aliphatic carbocycles. The lowest BCUT2D eigenvalue weighted by atomic mass is 9.59. The zero-order chi connectivity index (χ0) is 46.4. The minimum atomic E-state index is -2.96. The highest BCUT2D eigenvalue weighted by molar-refractivity contribution is 7.00. The zero-order valence-electron chi connectivity index (χ0n) is 40.5. The fraction of sp³-hybridized carbons (Fsp3) is 0.491. The molecule has 0 amide bonds. The van der Waals surface area contributed by atoms with Crippen LogP contribution in [0.3, 0.4) is 0 Å². The van der Waals surface area contributed by atoms with Crippen molar-refractivity contribution in [3.05, 3.63) is 145 Å². The Kier molecular flexibility index (Phi) is 13.4. The van der Waals surface area contributed by atoms with Crippen molar-refractivity contribution >= 4 is 43.4 Å². The van der Waals surface area contributed by atoms with Gasteiger partial charge in [0, 0.05) is 31.3 Å². The lowest BCUT2D eigenvalue weighted by Gasteiger charge is -2.50. The van der Waals surface area contributed by atoms with Crippen LogP contribution in [0.25, 0.3) is 0 Å². The summed E-state index contributed by atoms with van der Waals surface area (Å²) < 4.78 is 29.2. The van der Waals surface area contributed by atoms with Gasteiger partial charge in [-0.1, -0.05) is 183 Å². The molecule has 1 N–H and O–H groups in total. The average Bonchev–Trinajstić information content (AvgIpc) is 3.84. The number of aliphatic hydroxyl groups excluding tert-OH is 1. The maximum atomic E-state index is 13.3. The van der Waals surface area contributed by atoms with Crippen LogP contribution in [0.2, 0.25) is 10.1 Å². The highest BCUT2D eigenvalue weighted by Gasteiger charge is 2.72. The minimum absolute atomic E-state index is 0.0611. The van der Waals surface area contributed by atoms with Crippen molar-refractivity contribution in [2.75, 3.05) is 13.2 Å².